The molecule has 0 bridgehead atoms. The molecule has 0 spiro atoms. The van der Waals surface area contributed by atoms with Crippen molar-refractivity contribution in [3.63, 3.8) is 0 Å². The standard InChI is InChI=1S/C12H15F.C2H6/c1-9(2)7-11-6-4-5-10(3)8-12(11)13;1-2/h5-6,8-9H,7H2,1-3H3;1-2H3. The maximum absolute atomic E-state index is 13.4. The van der Waals surface area contributed by atoms with Gasteiger partial charge in [-0.05, 0) is 48.6 Å². The molecule has 0 amide bonds. The van der Waals surface area contributed by atoms with Crippen molar-refractivity contribution in [3.05, 3.63) is 40.9 Å². The van der Waals surface area contributed by atoms with Gasteiger partial charge < -0.3 is 0 Å². The topological polar surface area (TPSA) is 0 Å². The van der Waals surface area contributed by atoms with Gasteiger partial charge in [0.05, 0.1) is 0 Å². The smallest absolute Gasteiger partial charge is 0.127 e. The fourth-order valence-electron chi connectivity index (χ4n) is 1.27. The van der Waals surface area contributed by atoms with Crippen LogP contribution in [0.3, 0.4) is 0 Å². The monoisotopic (exact) mass is 208 g/mol. The Morgan fingerprint density at radius 2 is 1.87 bits per heavy atom. The number of hydrogen-bond acceptors (Lipinski definition) is 0. The van der Waals surface area contributed by atoms with Crippen molar-refractivity contribution >= 4 is 0 Å². The lowest BCUT2D eigenvalue weighted by molar-refractivity contribution is 0.605. The molecule has 0 heterocycles. The Bertz CT molecular complexity index is 310. The van der Waals surface area contributed by atoms with Crippen LogP contribution in [0, 0.1) is 5.92 Å². The average molecular weight is 208 g/mol. The van der Waals surface area contributed by atoms with Crippen LogP contribution in [-0.2, 0) is 0 Å². The van der Waals surface area contributed by atoms with Crippen molar-refractivity contribution in [3.8, 4) is 0 Å². The molecule has 0 aromatic rings. The predicted octanol–water partition coefficient (Wildman–Crippen LogP) is 4.95. The van der Waals surface area contributed by atoms with Crippen LogP contribution in [0.4, 0.5) is 4.39 Å². The van der Waals surface area contributed by atoms with Gasteiger partial charge in [0.15, 0.2) is 0 Å². The van der Waals surface area contributed by atoms with Crippen molar-refractivity contribution in [2.24, 2.45) is 5.92 Å². The second-order valence-electron chi connectivity index (χ2n) is 3.81. The summed E-state index contributed by atoms with van der Waals surface area (Å²) in [5.41, 5.74) is 4.63. The second kappa shape index (κ2) is 7.25. The Labute approximate surface area is 92.9 Å². The van der Waals surface area contributed by atoms with E-state index in [1.165, 1.54) is 0 Å². The van der Waals surface area contributed by atoms with E-state index in [0.717, 1.165) is 17.6 Å². The predicted molar refractivity (Wildman–Crippen MR) is 65.3 cm³/mol. The van der Waals surface area contributed by atoms with E-state index in [0.29, 0.717) is 5.92 Å². The zero-order valence-electron chi connectivity index (χ0n) is 10.4. The number of hydrogen-bond donors (Lipinski definition) is 0. The van der Waals surface area contributed by atoms with Gasteiger partial charge in [-0.15, -0.1) is 5.73 Å². The van der Waals surface area contributed by atoms with E-state index >= 15 is 0 Å². The molecule has 0 N–H and O–H groups in total. The highest BCUT2D eigenvalue weighted by Gasteiger charge is 2.05. The highest BCUT2D eigenvalue weighted by molar-refractivity contribution is 5.37. The summed E-state index contributed by atoms with van der Waals surface area (Å²) >= 11 is 0. The fraction of sp³-hybridized carbons (Fsp3) is 0.500. The van der Waals surface area contributed by atoms with Crippen LogP contribution in [-0.4, -0.2) is 0 Å². The van der Waals surface area contributed by atoms with Gasteiger partial charge in [0.1, 0.15) is 5.83 Å². The third-order valence-electron chi connectivity index (χ3n) is 1.86. The van der Waals surface area contributed by atoms with Gasteiger partial charge in [0, 0.05) is 0 Å². The van der Waals surface area contributed by atoms with Gasteiger partial charge in [-0.1, -0.05) is 27.7 Å². The Balaban J connectivity index is 0.000000921. The SMILES string of the molecule is CC.CC1=CC(F)=C(CC(C)C)C=C=C1. The van der Waals surface area contributed by atoms with Gasteiger partial charge >= 0.3 is 0 Å². The van der Waals surface area contributed by atoms with Crippen molar-refractivity contribution in [2.45, 2.75) is 41.0 Å². The minimum atomic E-state index is -0.118. The van der Waals surface area contributed by atoms with Crippen molar-refractivity contribution in [1.82, 2.24) is 0 Å². The van der Waals surface area contributed by atoms with Crippen LogP contribution < -0.4 is 0 Å². The van der Waals surface area contributed by atoms with E-state index in [1.807, 2.05) is 20.8 Å². The summed E-state index contributed by atoms with van der Waals surface area (Å²) in [6.45, 7) is 10.0. The minimum Gasteiger partial charge on any atom is -0.207 e. The van der Waals surface area contributed by atoms with Crippen molar-refractivity contribution in [1.29, 1.82) is 0 Å². The lowest BCUT2D eigenvalue weighted by Gasteiger charge is -2.04. The highest BCUT2D eigenvalue weighted by atomic mass is 19.1. The second-order valence-corrected chi connectivity index (χ2v) is 3.81. The lowest BCUT2D eigenvalue weighted by atomic mass is 10.0. The van der Waals surface area contributed by atoms with Gasteiger partial charge in [-0.3, -0.25) is 0 Å². The van der Waals surface area contributed by atoms with E-state index < -0.39 is 0 Å². The van der Waals surface area contributed by atoms with E-state index in [-0.39, 0.29) is 5.83 Å². The van der Waals surface area contributed by atoms with Crippen LogP contribution in [0.15, 0.2) is 40.9 Å². The average Bonchev–Trinajstić information content (AvgIpc) is 2.31. The Kier molecular flexibility index (Phi) is 6.73. The van der Waals surface area contributed by atoms with E-state index in [9.17, 15) is 4.39 Å². The molecule has 1 aliphatic carbocycles. The number of rotatable bonds is 2. The molecule has 1 heteroatoms. The fourth-order valence-corrected chi connectivity index (χ4v) is 1.27. The summed E-state index contributed by atoms with van der Waals surface area (Å²) < 4.78 is 13.4. The summed E-state index contributed by atoms with van der Waals surface area (Å²) in [7, 11) is 0. The quantitative estimate of drug-likeness (QED) is 0.563. The zero-order valence-corrected chi connectivity index (χ0v) is 10.4. The first-order valence-electron chi connectivity index (χ1n) is 5.59. The van der Waals surface area contributed by atoms with Crippen LogP contribution in [0.2, 0.25) is 0 Å². The Morgan fingerprint density at radius 1 is 1.27 bits per heavy atom. The zero-order chi connectivity index (χ0) is 11.8. The molecule has 0 unspecified atom stereocenters. The summed E-state index contributed by atoms with van der Waals surface area (Å²) in [6, 6.07) is 0. The van der Waals surface area contributed by atoms with Crippen molar-refractivity contribution < 1.29 is 4.39 Å². The van der Waals surface area contributed by atoms with Gasteiger partial charge in [-0.2, -0.15) is 0 Å². The third kappa shape index (κ3) is 5.39. The first kappa shape index (κ1) is 13.9. The highest BCUT2D eigenvalue weighted by Crippen LogP contribution is 2.21. The molecule has 1 aliphatic rings. The van der Waals surface area contributed by atoms with E-state index in [2.05, 4.69) is 19.6 Å². The molecule has 0 atom stereocenters. The van der Waals surface area contributed by atoms with Gasteiger partial charge in [-0.25, -0.2) is 4.39 Å². The molecule has 0 saturated heterocycles. The molecular weight excluding hydrogens is 187 g/mol. The molecule has 0 aliphatic heterocycles. The molecule has 84 valence electrons. The van der Waals surface area contributed by atoms with Crippen LogP contribution in [0.5, 0.6) is 0 Å². The molecule has 0 fully saturated rings. The first-order chi connectivity index (χ1) is 7.09. The van der Waals surface area contributed by atoms with Crippen LogP contribution >= 0.6 is 0 Å². The Hall–Kier alpha value is -1.07. The molecule has 0 radical (unpaired) electrons. The maximum Gasteiger partial charge on any atom is 0.127 e. The third-order valence-corrected chi connectivity index (χ3v) is 1.86. The molecule has 1 rings (SSSR count). The Morgan fingerprint density at radius 3 is 2.40 bits per heavy atom. The van der Waals surface area contributed by atoms with Crippen molar-refractivity contribution in [2.75, 3.05) is 0 Å². The van der Waals surface area contributed by atoms with Crippen LogP contribution in [0.1, 0.15) is 41.0 Å². The van der Waals surface area contributed by atoms with Gasteiger partial charge in [0.25, 0.3) is 0 Å². The molecule has 0 saturated carbocycles. The molecule has 0 aromatic heterocycles. The summed E-state index contributed by atoms with van der Waals surface area (Å²) in [4.78, 5) is 0. The minimum absolute atomic E-state index is 0.118. The maximum atomic E-state index is 13.4. The molecule has 0 nitrogen and oxygen atoms in total. The van der Waals surface area contributed by atoms with Crippen LogP contribution in [0.25, 0.3) is 0 Å². The first-order valence-corrected chi connectivity index (χ1v) is 5.59. The van der Waals surface area contributed by atoms with E-state index in [1.54, 1.807) is 18.2 Å². The molecular formula is C14H21F. The number of allylic oxidation sites excluding steroid dienone is 5. The summed E-state index contributed by atoms with van der Waals surface area (Å²) in [5.74, 6) is 0.359. The lowest BCUT2D eigenvalue weighted by Crippen LogP contribution is -1.90. The summed E-state index contributed by atoms with van der Waals surface area (Å²) in [6.07, 6.45) is 5.87. The van der Waals surface area contributed by atoms with Gasteiger partial charge in [0.2, 0.25) is 0 Å². The van der Waals surface area contributed by atoms with E-state index in [4.69, 9.17) is 0 Å². The summed E-state index contributed by atoms with van der Waals surface area (Å²) in [5, 5.41) is 0. The largest absolute Gasteiger partial charge is 0.207 e. The number of halogens is 1. The molecule has 15 heavy (non-hydrogen) atoms. The molecule has 0 aromatic carbocycles. The normalized spacial score (nSPS) is 14.7.